The molecule has 1 saturated heterocycles. The second-order valence-electron chi connectivity index (χ2n) is 8.16. The van der Waals surface area contributed by atoms with Gasteiger partial charge in [0.15, 0.2) is 5.13 Å². The summed E-state index contributed by atoms with van der Waals surface area (Å²) in [6.45, 7) is 2.54. The van der Waals surface area contributed by atoms with Gasteiger partial charge in [-0.15, -0.1) is 0 Å². The van der Waals surface area contributed by atoms with Crippen molar-refractivity contribution in [1.29, 1.82) is 0 Å². The first-order valence-electron chi connectivity index (χ1n) is 11.4. The first-order valence-corrected chi connectivity index (χ1v) is 12.2. The zero-order valence-corrected chi connectivity index (χ0v) is 20.5. The van der Waals surface area contributed by atoms with Gasteiger partial charge < -0.3 is 14.6 Å². The fraction of sp³-hybridized carbons (Fsp3) is 0.185. The van der Waals surface area contributed by atoms with Crippen molar-refractivity contribution < 1.29 is 24.2 Å². The lowest BCUT2D eigenvalue weighted by Gasteiger charge is -2.23. The molecule has 1 N–H and O–H groups in total. The topological polar surface area (TPSA) is 102 Å². The molecule has 1 amide bonds. The van der Waals surface area contributed by atoms with Gasteiger partial charge in [0.2, 0.25) is 0 Å². The van der Waals surface area contributed by atoms with E-state index in [4.69, 9.17) is 9.47 Å². The predicted octanol–water partition coefficient (Wildman–Crippen LogP) is 5.12. The van der Waals surface area contributed by atoms with Gasteiger partial charge >= 0.3 is 5.91 Å². The highest BCUT2D eigenvalue weighted by atomic mass is 32.1. The Hall–Kier alpha value is -4.24. The highest BCUT2D eigenvalue weighted by molar-refractivity contribution is 7.22. The number of fused-ring (bicyclic) bond motifs is 1. The molecular weight excluding hydrogens is 478 g/mol. The maximum atomic E-state index is 13.4. The number of hydrogen-bond donors (Lipinski definition) is 1. The van der Waals surface area contributed by atoms with Crippen LogP contribution in [-0.4, -0.2) is 40.5 Å². The van der Waals surface area contributed by atoms with E-state index >= 15 is 0 Å². The first-order chi connectivity index (χ1) is 17.5. The van der Waals surface area contributed by atoms with Gasteiger partial charge in [-0.3, -0.25) is 19.5 Å². The van der Waals surface area contributed by atoms with Crippen LogP contribution in [0, 0.1) is 0 Å². The molecule has 2 aromatic heterocycles. The molecule has 0 bridgehead atoms. The highest BCUT2D eigenvalue weighted by Gasteiger charge is 2.48. The smallest absolute Gasteiger partial charge is 0.301 e. The summed E-state index contributed by atoms with van der Waals surface area (Å²) in [5.74, 6) is -0.550. The molecule has 0 aliphatic carbocycles. The van der Waals surface area contributed by atoms with Gasteiger partial charge in [-0.2, -0.15) is 0 Å². The van der Waals surface area contributed by atoms with Crippen molar-refractivity contribution in [1.82, 2.24) is 9.97 Å². The molecule has 5 rings (SSSR count). The summed E-state index contributed by atoms with van der Waals surface area (Å²) in [5, 5.41) is 11.6. The number of aromatic nitrogens is 2. The van der Waals surface area contributed by atoms with Crippen molar-refractivity contribution in [2.45, 2.75) is 19.4 Å². The fourth-order valence-corrected chi connectivity index (χ4v) is 5.15. The Morgan fingerprint density at radius 2 is 1.89 bits per heavy atom. The van der Waals surface area contributed by atoms with Crippen LogP contribution in [0.1, 0.15) is 30.5 Å². The number of aliphatic hydroxyl groups excluding tert-OH is 1. The Kier molecular flexibility index (Phi) is 6.39. The number of aliphatic hydroxyl groups is 1. The number of nitrogens with zero attached hydrogens (tertiary/aromatic N) is 3. The molecule has 1 aliphatic heterocycles. The minimum Gasteiger partial charge on any atom is -0.507 e. The number of pyridine rings is 1. The maximum Gasteiger partial charge on any atom is 0.301 e. The van der Waals surface area contributed by atoms with E-state index in [1.54, 1.807) is 49.6 Å². The number of Topliss-reactive ketones (excluding diaryl/α,β-unsaturated/α-hetero) is 1. The average molecular weight is 502 g/mol. The van der Waals surface area contributed by atoms with Crippen molar-refractivity contribution in [3.05, 3.63) is 83.7 Å². The Bertz CT molecular complexity index is 1480. The summed E-state index contributed by atoms with van der Waals surface area (Å²) < 4.78 is 11.9. The number of carbonyl (C=O) groups is 2. The van der Waals surface area contributed by atoms with Crippen molar-refractivity contribution >= 4 is 44.1 Å². The molecule has 9 heteroatoms. The van der Waals surface area contributed by atoms with Crippen LogP contribution in [0.4, 0.5) is 5.13 Å². The molecule has 4 aromatic rings. The van der Waals surface area contributed by atoms with E-state index in [0.717, 1.165) is 11.1 Å². The van der Waals surface area contributed by atoms with Gasteiger partial charge in [0.25, 0.3) is 5.78 Å². The lowest BCUT2D eigenvalue weighted by molar-refractivity contribution is -0.132. The monoisotopic (exact) mass is 501 g/mol. The fourth-order valence-electron chi connectivity index (χ4n) is 4.13. The van der Waals surface area contributed by atoms with Crippen molar-refractivity contribution in [2.75, 3.05) is 18.6 Å². The van der Waals surface area contributed by atoms with E-state index in [1.807, 2.05) is 19.1 Å². The van der Waals surface area contributed by atoms with E-state index in [-0.39, 0.29) is 11.3 Å². The molecule has 1 aliphatic rings. The van der Waals surface area contributed by atoms with Crippen molar-refractivity contribution in [3.63, 3.8) is 0 Å². The molecule has 0 radical (unpaired) electrons. The molecule has 1 fully saturated rings. The Labute approximate surface area is 211 Å². The molecular formula is C27H23N3O5S. The van der Waals surface area contributed by atoms with Gasteiger partial charge in [0, 0.05) is 18.0 Å². The van der Waals surface area contributed by atoms with E-state index in [9.17, 15) is 14.7 Å². The third kappa shape index (κ3) is 4.18. The summed E-state index contributed by atoms with van der Waals surface area (Å²) in [6, 6.07) is 14.9. The number of amides is 1. The van der Waals surface area contributed by atoms with Crippen LogP contribution >= 0.6 is 11.3 Å². The molecule has 36 heavy (non-hydrogen) atoms. The van der Waals surface area contributed by atoms with E-state index in [1.165, 1.54) is 28.6 Å². The minimum atomic E-state index is -0.897. The van der Waals surface area contributed by atoms with Gasteiger partial charge in [0.05, 0.1) is 35.5 Å². The first kappa shape index (κ1) is 23.5. The van der Waals surface area contributed by atoms with Gasteiger partial charge in [-0.05, 0) is 54.4 Å². The molecule has 182 valence electrons. The van der Waals surface area contributed by atoms with Crippen LogP contribution in [-0.2, 0) is 9.59 Å². The lowest BCUT2D eigenvalue weighted by atomic mass is 9.95. The number of hydrogen-bond acceptors (Lipinski definition) is 8. The molecule has 1 unspecified atom stereocenters. The van der Waals surface area contributed by atoms with Crippen molar-refractivity contribution in [2.24, 2.45) is 0 Å². The van der Waals surface area contributed by atoms with Crippen LogP contribution in [0.25, 0.3) is 16.0 Å². The summed E-state index contributed by atoms with van der Waals surface area (Å²) in [4.78, 5) is 36.8. The van der Waals surface area contributed by atoms with Crippen molar-refractivity contribution in [3.8, 4) is 11.5 Å². The third-order valence-electron chi connectivity index (χ3n) is 5.84. The van der Waals surface area contributed by atoms with Crippen LogP contribution < -0.4 is 14.4 Å². The number of ether oxygens (including phenoxy) is 2. The molecule has 3 heterocycles. The molecule has 2 aromatic carbocycles. The molecule has 0 saturated carbocycles. The van der Waals surface area contributed by atoms with Gasteiger partial charge in [0.1, 0.15) is 17.3 Å². The minimum absolute atomic E-state index is 0.0179. The van der Waals surface area contributed by atoms with Crippen LogP contribution in [0.2, 0.25) is 0 Å². The summed E-state index contributed by atoms with van der Waals surface area (Å²) in [7, 11) is 1.58. The van der Waals surface area contributed by atoms with Crippen LogP contribution in [0.5, 0.6) is 11.5 Å². The van der Waals surface area contributed by atoms with Gasteiger partial charge in [-0.25, -0.2) is 4.98 Å². The predicted molar refractivity (Wildman–Crippen MR) is 137 cm³/mol. The largest absolute Gasteiger partial charge is 0.507 e. The maximum absolute atomic E-state index is 13.4. The molecule has 8 nitrogen and oxygen atoms in total. The molecule has 1 atom stereocenters. The van der Waals surface area contributed by atoms with E-state index < -0.39 is 17.7 Å². The second-order valence-corrected chi connectivity index (χ2v) is 9.17. The summed E-state index contributed by atoms with van der Waals surface area (Å²) in [5.41, 5.74) is 1.66. The second kappa shape index (κ2) is 9.79. The number of thiazole rings is 1. The molecule has 0 spiro atoms. The standard InChI is InChI=1S/C27H23N3O5S/c1-3-13-35-19-6-4-5-17(14-19)23-22(24(31)16-9-11-28-12-10-16)25(32)26(33)30(23)27-29-20-8-7-18(34-2)15-21(20)36-27/h4-12,14-15,23,31H,3,13H2,1-2H3. The Morgan fingerprint density at radius 1 is 1.08 bits per heavy atom. The highest BCUT2D eigenvalue weighted by Crippen LogP contribution is 2.45. The summed E-state index contributed by atoms with van der Waals surface area (Å²) >= 11 is 1.27. The quantitative estimate of drug-likeness (QED) is 0.213. The van der Waals surface area contributed by atoms with Crippen LogP contribution in [0.15, 0.2) is 72.6 Å². The number of rotatable bonds is 7. The van der Waals surface area contributed by atoms with E-state index in [2.05, 4.69) is 9.97 Å². The summed E-state index contributed by atoms with van der Waals surface area (Å²) in [6.07, 6.45) is 3.86. The lowest BCUT2D eigenvalue weighted by Crippen LogP contribution is -2.29. The number of ketones is 1. The number of benzene rings is 2. The third-order valence-corrected chi connectivity index (χ3v) is 6.85. The number of anilines is 1. The zero-order chi connectivity index (χ0) is 25.2. The number of methoxy groups -OCH3 is 1. The Balaban J connectivity index is 1.69. The zero-order valence-electron chi connectivity index (χ0n) is 19.7. The van der Waals surface area contributed by atoms with Crippen LogP contribution in [0.3, 0.4) is 0 Å². The van der Waals surface area contributed by atoms with E-state index in [0.29, 0.717) is 39.9 Å². The average Bonchev–Trinajstić information content (AvgIpc) is 3.45. The SMILES string of the molecule is CCCOc1cccc(C2C(=C(O)c3ccncc3)C(=O)C(=O)N2c2nc3ccc(OC)cc3s2)c1. The van der Waals surface area contributed by atoms with Gasteiger partial charge in [-0.1, -0.05) is 30.4 Å². The number of carbonyl (C=O) groups excluding carboxylic acids is 2. The normalized spacial score (nSPS) is 17.1. The Morgan fingerprint density at radius 3 is 2.64 bits per heavy atom.